The van der Waals surface area contributed by atoms with Gasteiger partial charge in [0.1, 0.15) is 5.69 Å². The van der Waals surface area contributed by atoms with Crippen molar-refractivity contribution in [3.63, 3.8) is 0 Å². The van der Waals surface area contributed by atoms with Crippen LogP contribution in [-0.2, 0) is 10.0 Å². The minimum Gasteiger partial charge on any atom is -0.415 e. The normalized spacial score (nSPS) is 14.4. The lowest BCUT2D eigenvalue weighted by Gasteiger charge is -2.29. The standard InChI is InChI=1S/C22H19N5O3S/c1-15-20(22-26-25-21(30-22)17-6-3-2-4-7-17)24-19(14-23-15)16-8-10-18(11-9-16)31(28,29)27-12-5-13-27/h2-4,6-11,14H,5,12-13H2,1H3. The highest BCUT2D eigenvalue weighted by molar-refractivity contribution is 7.89. The highest BCUT2D eigenvalue weighted by Crippen LogP contribution is 2.28. The molecule has 1 aliphatic rings. The van der Waals surface area contributed by atoms with Gasteiger partial charge in [-0.2, -0.15) is 4.31 Å². The van der Waals surface area contributed by atoms with Crippen LogP contribution >= 0.6 is 0 Å². The maximum atomic E-state index is 12.5. The number of aryl methyl sites for hydroxylation is 1. The molecule has 156 valence electrons. The van der Waals surface area contributed by atoms with Crippen molar-refractivity contribution < 1.29 is 12.8 Å². The Morgan fingerprint density at radius 3 is 2.29 bits per heavy atom. The summed E-state index contributed by atoms with van der Waals surface area (Å²) in [4.78, 5) is 9.35. The van der Waals surface area contributed by atoms with Gasteiger partial charge in [-0.25, -0.2) is 13.4 Å². The molecule has 31 heavy (non-hydrogen) atoms. The van der Waals surface area contributed by atoms with Crippen LogP contribution in [0.2, 0.25) is 0 Å². The Morgan fingerprint density at radius 2 is 1.61 bits per heavy atom. The molecule has 1 fully saturated rings. The second kappa shape index (κ2) is 7.68. The SMILES string of the molecule is Cc1ncc(-c2ccc(S(=O)(=O)N3CCC3)cc2)nc1-c1nnc(-c2ccccc2)o1. The maximum Gasteiger partial charge on any atom is 0.268 e. The van der Waals surface area contributed by atoms with E-state index in [2.05, 4.69) is 20.2 Å². The summed E-state index contributed by atoms with van der Waals surface area (Å²) in [5.74, 6) is 0.686. The minimum absolute atomic E-state index is 0.278. The summed E-state index contributed by atoms with van der Waals surface area (Å²) in [7, 11) is -3.42. The van der Waals surface area contributed by atoms with Gasteiger partial charge in [0.15, 0.2) is 0 Å². The zero-order chi connectivity index (χ0) is 21.4. The summed E-state index contributed by atoms with van der Waals surface area (Å²) < 4.78 is 32.4. The Balaban J connectivity index is 1.46. The predicted octanol–water partition coefficient (Wildman–Crippen LogP) is 3.56. The van der Waals surface area contributed by atoms with E-state index in [1.54, 1.807) is 30.5 Å². The van der Waals surface area contributed by atoms with Gasteiger partial charge in [0.05, 0.1) is 22.5 Å². The van der Waals surface area contributed by atoms with Crippen LogP contribution in [0.15, 0.2) is 70.1 Å². The summed E-state index contributed by atoms with van der Waals surface area (Å²) in [5, 5.41) is 8.26. The van der Waals surface area contributed by atoms with Crippen LogP contribution in [0, 0.1) is 6.92 Å². The first-order valence-corrected chi connectivity index (χ1v) is 11.3. The molecule has 2 aromatic heterocycles. The molecule has 5 rings (SSSR count). The lowest BCUT2D eigenvalue weighted by molar-refractivity contribution is 0.309. The lowest BCUT2D eigenvalue weighted by Crippen LogP contribution is -2.41. The van der Waals surface area contributed by atoms with E-state index in [0.29, 0.717) is 36.1 Å². The fraction of sp³-hybridized carbons (Fsp3) is 0.182. The highest BCUT2D eigenvalue weighted by atomic mass is 32.2. The van der Waals surface area contributed by atoms with Crippen LogP contribution in [0.1, 0.15) is 12.1 Å². The van der Waals surface area contributed by atoms with Crippen LogP contribution in [0.5, 0.6) is 0 Å². The van der Waals surface area contributed by atoms with E-state index in [4.69, 9.17) is 4.42 Å². The van der Waals surface area contributed by atoms with Gasteiger partial charge in [0, 0.05) is 24.2 Å². The van der Waals surface area contributed by atoms with Gasteiger partial charge in [0.25, 0.3) is 5.89 Å². The molecule has 0 saturated carbocycles. The number of rotatable bonds is 5. The first kappa shape index (κ1) is 19.5. The Kier molecular flexibility index (Phi) is 4.84. The number of sulfonamides is 1. The monoisotopic (exact) mass is 433 g/mol. The van der Waals surface area contributed by atoms with Crippen LogP contribution < -0.4 is 0 Å². The van der Waals surface area contributed by atoms with Crippen molar-refractivity contribution in [2.24, 2.45) is 0 Å². The number of nitrogens with zero attached hydrogens (tertiary/aromatic N) is 5. The molecule has 1 aliphatic heterocycles. The van der Waals surface area contributed by atoms with Crippen LogP contribution in [-0.4, -0.2) is 46.0 Å². The van der Waals surface area contributed by atoms with E-state index in [1.165, 1.54) is 4.31 Å². The molecule has 0 bridgehead atoms. The van der Waals surface area contributed by atoms with Gasteiger partial charge in [-0.1, -0.05) is 30.3 Å². The summed E-state index contributed by atoms with van der Waals surface area (Å²) >= 11 is 0. The quantitative estimate of drug-likeness (QED) is 0.474. The van der Waals surface area contributed by atoms with Crippen LogP contribution in [0.3, 0.4) is 0 Å². The Morgan fingerprint density at radius 1 is 0.903 bits per heavy atom. The Bertz CT molecular complexity index is 1330. The Labute approximate surface area is 179 Å². The van der Waals surface area contributed by atoms with Crippen molar-refractivity contribution in [2.75, 3.05) is 13.1 Å². The van der Waals surface area contributed by atoms with E-state index in [1.807, 2.05) is 37.3 Å². The number of hydrogen-bond donors (Lipinski definition) is 0. The van der Waals surface area contributed by atoms with Gasteiger partial charge < -0.3 is 4.42 Å². The molecule has 1 saturated heterocycles. The molecule has 0 aliphatic carbocycles. The van der Waals surface area contributed by atoms with Crippen molar-refractivity contribution in [2.45, 2.75) is 18.2 Å². The van der Waals surface area contributed by atoms with E-state index in [-0.39, 0.29) is 10.8 Å². The summed E-state index contributed by atoms with van der Waals surface area (Å²) in [6.45, 7) is 2.97. The predicted molar refractivity (Wildman–Crippen MR) is 114 cm³/mol. The topological polar surface area (TPSA) is 102 Å². The zero-order valence-corrected chi connectivity index (χ0v) is 17.6. The smallest absolute Gasteiger partial charge is 0.268 e. The molecule has 0 N–H and O–H groups in total. The fourth-order valence-corrected chi connectivity index (χ4v) is 4.80. The average Bonchev–Trinajstić information content (AvgIpc) is 3.23. The number of benzene rings is 2. The third-order valence-corrected chi connectivity index (χ3v) is 7.12. The van der Waals surface area contributed by atoms with Crippen molar-refractivity contribution in [1.82, 2.24) is 24.5 Å². The molecular formula is C22H19N5O3S. The lowest BCUT2D eigenvalue weighted by atomic mass is 10.1. The molecule has 4 aromatic rings. The number of hydrogen-bond acceptors (Lipinski definition) is 7. The fourth-order valence-electron chi connectivity index (χ4n) is 3.28. The van der Waals surface area contributed by atoms with Crippen molar-refractivity contribution >= 4 is 10.0 Å². The molecule has 0 radical (unpaired) electrons. The van der Waals surface area contributed by atoms with Gasteiger partial charge >= 0.3 is 0 Å². The molecule has 0 amide bonds. The maximum absolute atomic E-state index is 12.5. The van der Waals surface area contributed by atoms with E-state index in [0.717, 1.165) is 17.5 Å². The molecule has 0 spiro atoms. The molecule has 3 heterocycles. The minimum atomic E-state index is -3.42. The largest absolute Gasteiger partial charge is 0.415 e. The van der Waals surface area contributed by atoms with Gasteiger partial charge in [0.2, 0.25) is 15.9 Å². The van der Waals surface area contributed by atoms with Gasteiger partial charge in [-0.3, -0.25) is 4.98 Å². The first-order valence-electron chi connectivity index (χ1n) is 9.86. The molecule has 0 unspecified atom stereocenters. The average molecular weight is 433 g/mol. The second-order valence-corrected chi connectivity index (χ2v) is 9.19. The number of aromatic nitrogens is 4. The first-order chi connectivity index (χ1) is 15.0. The van der Waals surface area contributed by atoms with Crippen LogP contribution in [0.25, 0.3) is 34.3 Å². The van der Waals surface area contributed by atoms with E-state index in [9.17, 15) is 8.42 Å². The molecule has 9 heteroatoms. The molecule has 8 nitrogen and oxygen atoms in total. The van der Waals surface area contributed by atoms with Crippen molar-refractivity contribution in [1.29, 1.82) is 0 Å². The van der Waals surface area contributed by atoms with Gasteiger partial charge in [-0.05, 0) is 37.6 Å². The van der Waals surface area contributed by atoms with E-state index < -0.39 is 10.0 Å². The summed E-state index contributed by atoms with van der Waals surface area (Å²) in [6.07, 6.45) is 2.55. The van der Waals surface area contributed by atoms with Crippen LogP contribution in [0.4, 0.5) is 0 Å². The summed E-state index contributed by atoms with van der Waals surface area (Å²) in [6, 6.07) is 16.2. The van der Waals surface area contributed by atoms with E-state index >= 15 is 0 Å². The Hall–Kier alpha value is -3.43. The molecule has 2 aromatic carbocycles. The van der Waals surface area contributed by atoms with Crippen molar-refractivity contribution in [3.8, 4) is 34.3 Å². The zero-order valence-electron chi connectivity index (χ0n) is 16.8. The third kappa shape index (κ3) is 3.62. The summed E-state index contributed by atoms with van der Waals surface area (Å²) in [5.41, 5.74) is 3.31. The van der Waals surface area contributed by atoms with Gasteiger partial charge in [-0.15, -0.1) is 10.2 Å². The molecular weight excluding hydrogens is 414 g/mol. The third-order valence-electron chi connectivity index (χ3n) is 5.21. The molecule has 0 atom stereocenters. The highest BCUT2D eigenvalue weighted by Gasteiger charge is 2.29. The second-order valence-electron chi connectivity index (χ2n) is 7.25. The van der Waals surface area contributed by atoms with Crippen molar-refractivity contribution in [3.05, 3.63) is 66.5 Å².